The number of anilines is 5. The molecule has 4 rings (SSSR count). The van der Waals surface area contributed by atoms with Gasteiger partial charge in [0.2, 0.25) is 23.8 Å². The Morgan fingerprint density at radius 3 is 1.74 bits per heavy atom. The lowest BCUT2D eigenvalue weighted by molar-refractivity contribution is -0.119. The third-order valence-corrected chi connectivity index (χ3v) is 4.62. The first-order valence-electron chi connectivity index (χ1n) is 10.4. The van der Waals surface area contributed by atoms with Crippen molar-refractivity contribution in [2.45, 2.75) is 6.54 Å². The first-order valence-corrected chi connectivity index (χ1v) is 10.4. The van der Waals surface area contributed by atoms with E-state index in [0.717, 1.165) is 5.56 Å². The van der Waals surface area contributed by atoms with Crippen molar-refractivity contribution in [3.63, 3.8) is 0 Å². The van der Waals surface area contributed by atoms with E-state index in [9.17, 15) is 13.6 Å². The fraction of sp³-hybridized carbons (Fsp3) is 0.0833. The number of hydrogen-bond acceptors (Lipinski definition) is 7. The van der Waals surface area contributed by atoms with Gasteiger partial charge in [-0.2, -0.15) is 15.0 Å². The molecule has 4 aromatic rings. The largest absolute Gasteiger partial charge is 0.350 e. The molecule has 0 atom stereocenters. The van der Waals surface area contributed by atoms with Crippen molar-refractivity contribution in [3.8, 4) is 0 Å². The van der Waals surface area contributed by atoms with E-state index in [1.807, 2.05) is 30.3 Å². The second-order valence-corrected chi connectivity index (χ2v) is 7.13. The van der Waals surface area contributed by atoms with E-state index < -0.39 is 11.6 Å². The smallest absolute Gasteiger partial charge is 0.239 e. The van der Waals surface area contributed by atoms with Gasteiger partial charge in [-0.25, -0.2) is 8.78 Å². The zero-order valence-corrected chi connectivity index (χ0v) is 17.9. The number of para-hydroxylation sites is 2. The molecule has 10 heteroatoms. The summed E-state index contributed by atoms with van der Waals surface area (Å²) in [6.07, 6.45) is 0. The van der Waals surface area contributed by atoms with E-state index in [2.05, 4.69) is 36.2 Å². The fourth-order valence-electron chi connectivity index (χ4n) is 2.95. The van der Waals surface area contributed by atoms with Crippen LogP contribution in [0.4, 0.5) is 38.0 Å². The van der Waals surface area contributed by atoms with Gasteiger partial charge in [-0.3, -0.25) is 4.79 Å². The first kappa shape index (κ1) is 22.6. The average Bonchev–Trinajstić information content (AvgIpc) is 2.85. The summed E-state index contributed by atoms with van der Waals surface area (Å²) in [7, 11) is 0. The highest BCUT2D eigenvalue weighted by atomic mass is 19.1. The number of benzene rings is 3. The molecule has 172 valence electrons. The number of nitrogens with one attached hydrogen (secondary N) is 4. The second kappa shape index (κ2) is 10.8. The Morgan fingerprint density at radius 2 is 1.18 bits per heavy atom. The predicted octanol–water partition coefficient (Wildman–Crippen LogP) is 4.37. The number of nitrogens with zero attached hydrogens (tertiary/aromatic N) is 3. The predicted molar refractivity (Wildman–Crippen MR) is 126 cm³/mol. The highest BCUT2D eigenvalue weighted by Crippen LogP contribution is 2.21. The summed E-state index contributed by atoms with van der Waals surface area (Å²) < 4.78 is 28.2. The molecule has 1 amide bonds. The van der Waals surface area contributed by atoms with Crippen molar-refractivity contribution in [1.29, 1.82) is 0 Å². The van der Waals surface area contributed by atoms with Crippen LogP contribution in [0, 0.1) is 11.6 Å². The monoisotopic (exact) mass is 461 g/mol. The van der Waals surface area contributed by atoms with Crippen LogP contribution < -0.4 is 21.3 Å². The van der Waals surface area contributed by atoms with E-state index in [0.29, 0.717) is 6.54 Å². The minimum Gasteiger partial charge on any atom is -0.350 e. The first-order chi connectivity index (χ1) is 16.6. The van der Waals surface area contributed by atoms with Crippen LogP contribution in [0.2, 0.25) is 0 Å². The molecule has 0 spiro atoms. The van der Waals surface area contributed by atoms with Gasteiger partial charge in [0.1, 0.15) is 11.6 Å². The molecule has 0 aliphatic carbocycles. The molecular formula is C24H21F2N7O. The lowest BCUT2D eigenvalue weighted by Gasteiger charge is -2.12. The number of carbonyl (C=O) groups excluding carboxylic acids is 1. The summed E-state index contributed by atoms with van der Waals surface area (Å²) in [4.78, 5) is 24.8. The SMILES string of the molecule is O=C(CNc1nc(Nc2ccccc2F)nc(Nc2ccccc2F)n1)NCc1ccccc1. The van der Waals surface area contributed by atoms with E-state index in [-0.39, 0.29) is 41.7 Å². The van der Waals surface area contributed by atoms with Gasteiger partial charge in [0.05, 0.1) is 17.9 Å². The van der Waals surface area contributed by atoms with E-state index in [1.54, 1.807) is 24.3 Å². The molecule has 0 radical (unpaired) electrons. The molecule has 34 heavy (non-hydrogen) atoms. The van der Waals surface area contributed by atoms with Crippen LogP contribution in [-0.2, 0) is 11.3 Å². The van der Waals surface area contributed by atoms with Crippen LogP contribution in [0.1, 0.15) is 5.56 Å². The number of hydrogen-bond donors (Lipinski definition) is 4. The Balaban J connectivity index is 1.49. The molecule has 1 heterocycles. The Labute approximate surface area is 194 Å². The molecule has 4 N–H and O–H groups in total. The Bertz CT molecular complexity index is 1210. The Hall–Kier alpha value is -4.60. The van der Waals surface area contributed by atoms with Crippen LogP contribution >= 0.6 is 0 Å². The third-order valence-electron chi connectivity index (χ3n) is 4.62. The molecule has 0 unspecified atom stereocenters. The fourth-order valence-corrected chi connectivity index (χ4v) is 2.95. The van der Waals surface area contributed by atoms with Crippen molar-refractivity contribution >= 4 is 35.1 Å². The van der Waals surface area contributed by atoms with Gasteiger partial charge in [0.15, 0.2) is 0 Å². The summed E-state index contributed by atoms with van der Waals surface area (Å²) in [5.74, 6) is -1.22. The minimum atomic E-state index is -0.499. The van der Waals surface area contributed by atoms with Crippen LogP contribution in [0.15, 0.2) is 78.9 Å². The van der Waals surface area contributed by atoms with E-state index in [4.69, 9.17) is 0 Å². The molecule has 0 saturated heterocycles. The van der Waals surface area contributed by atoms with Crippen molar-refractivity contribution in [2.75, 3.05) is 22.5 Å². The average molecular weight is 461 g/mol. The molecule has 8 nitrogen and oxygen atoms in total. The number of carbonyl (C=O) groups is 1. The zero-order valence-electron chi connectivity index (χ0n) is 17.9. The van der Waals surface area contributed by atoms with Crippen molar-refractivity contribution in [2.24, 2.45) is 0 Å². The molecule has 0 fully saturated rings. The number of rotatable bonds is 9. The Kier molecular flexibility index (Phi) is 7.19. The van der Waals surface area contributed by atoms with Crippen molar-refractivity contribution < 1.29 is 13.6 Å². The van der Waals surface area contributed by atoms with Crippen LogP contribution in [0.5, 0.6) is 0 Å². The number of amides is 1. The molecule has 0 aliphatic heterocycles. The van der Waals surface area contributed by atoms with Crippen LogP contribution in [0.3, 0.4) is 0 Å². The number of aromatic nitrogens is 3. The zero-order chi connectivity index (χ0) is 23.8. The van der Waals surface area contributed by atoms with E-state index >= 15 is 0 Å². The highest BCUT2D eigenvalue weighted by molar-refractivity contribution is 5.80. The van der Waals surface area contributed by atoms with Gasteiger partial charge < -0.3 is 21.3 Å². The third kappa shape index (κ3) is 6.22. The molecule has 3 aromatic carbocycles. The van der Waals surface area contributed by atoms with Gasteiger partial charge in [-0.15, -0.1) is 0 Å². The van der Waals surface area contributed by atoms with Gasteiger partial charge in [-0.1, -0.05) is 54.6 Å². The maximum Gasteiger partial charge on any atom is 0.239 e. The van der Waals surface area contributed by atoms with Crippen LogP contribution in [0.25, 0.3) is 0 Å². The summed E-state index contributed by atoms with van der Waals surface area (Å²) in [5.41, 5.74) is 1.26. The topological polar surface area (TPSA) is 104 Å². The van der Waals surface area contributed by atoms with E-state index in [1.165, 1.54) is 24.3 Å². The molecular weight excluding hydrogens is 440 g/mol. The Morgan fingerprint density at radius 1 is 0.676 bits per heavy atom. The standard InChI is InChI=1S/C24H21F2N7O/c25-17-10-4-6-12-19(17)29-23-31-22(28-15-21(34)27-14-16-8-2-1-3-9-16)32-24(33-23)30-20-13-7-5-11-18(20)26/h1-13H,14-15H2,(H,27,34)(H3,28,29,30,31,32,33). The summed E-state index contributed by atoms with van der Waals surface area (Å²) in [6, 6.07) is 21.5. The maximum atomic E-state index is 14.1. The maximum absolute atomic E-state index is 14.1. The molecule has 0 bridgehead atoms. The van der Waals surface area contributed by atoms with Crippen molar-refractivity contribution in [3.05, 3.63) is 96.1 Å². The normalized spacial score (nSPS) is 10.4. The summed E-state index contributed by atoms with van der Waals surface area (Å²) in [6.45, 7) is 0.258. The highest BCUT2D eigenvalue weighted by Gasteiger charge is 2.12. The lowest BCUT2D eigenvalue weighted by atomic mass is 10.2. The number of halogens is 2. The second-order valence-electron chi connectivity index (χ2n) is 7.13. The quantitative estimate of drug-likeness (QED) is 0.294. The van der Waals surface area contributed by atoms with Crippen molar-refractivity contribution in [1.82, 2.24) is 20.3 Å². The van der Waals surface area contributed by atoms with Crippen LogP contribution in [-0.4, -0.2) is 27.4 Å². The summed E-state index contributed by atoms with van der Waals surface area (Å²) >= 11 is 0. The van der Waals surface area contributed by atoms with Gasteiger partial charge in [0.25, 0.3) is 0 Å². The van der Waals surface area contributed by atoms with Gasteiger partial charge >= 0.3 is 0 Å². The molecule has 0 saturated carbocycles. The summed E-state index contributed by atoms with van der Waals surface area (Å²) in [5, 5.41) is 11.2. The van der Waals surface area contributed by atoms with Gasteiger partial charge in [0, 0.05) is 6.54 Å². The lowest BCUT2D eigenvalue weighted by Crippen LogP contribution is -2.30. The van der Waals surface area contributed by atoms with Gasteiger partial charge in [-0.05, 0) is 29.8 Å². The molecule has 1 aromatic heterocycles. The minimum absolute atomic E-state index is 0.00568. The molecule has 0 aliphatic rings.